The highest BCUT2D eigenvalue weighted by atomic mass is 16.5. The van der Waals surface area contributed by atoms with Gasteiger partial charge in [0.05, 0.1) is 6.61 Å². The Morgan fingerprint density at radius 2 is 1.95 bits per heavy atom. The molecule has 0 aromatic heterocycles. The van der Waals surface area contributed by atoms with Gasteiger partial charge in [-0.15, -0.1) is 0 Å². The standard InChI is InChI=1S/C16H22N2O3/c1-4-21-15(19)9-18(12-5-6-12)16(20)13-8-14(17)11(3)7-10(13)2/h7-8,12H,4-6,9,17H2,1-3H3. The van der Waals surface area contributed by atoms with Crippen LogP contribution in [0.5, 0.6) is 0 Å². The Labute approximate surface area is 125 Å². The number of aryl methyl sites for hydroxylation is 2. The van der Waals surface area contributed by atoms with Gasteiger partial charge in [-0.2, -0.15) is 0 Å². The molecule has 1 saturated carbocycles. The van der Waals surface area contributed by atoms with Crippen LogP contribution in [0.4, 0.5) is 5.69 Å². The van der Waals surface area contributed by atoms with Crippen molar-refractivity contribution >= 4 is 17.6 Å². The van der Waals surface area contributed by atoms with Crippen molar-refractivity contribution in [1.29, 1.82) is 0 Å². The third kappa shape index (κ3) is 3.54. The lowest BCUT2D eigenvalue weighted by Gasteiger charge is -2.22. The molecule has 0 atom stereocenters. The van der Waals surface area contributed by atoms with E-state index in [0.29, 0.717) is 17.9 Å². The monoisotopic (exact) mass is 290 g/mol. The zero-order chi connectivity index (χ0) is 15.6. The number of nitrogens with two attached hydrogens (primary N) is 1. The first-order chi connectivity index (χ1) is 9.93. The van der Waals surface area contributed by atoms with E-state index in [-0.39, 0.29) is 24.5 Å². The lowest BCUT2D eigenvalue weighted by Crippen LogP contribution is -2.38. The molecule has 1 aliphatic rings. The van der Waals surface area contributed by atoms with E-state index in [4.69, 9.17) is 10.5 Å². The lowest BCUT2D eigenvalue weighted by atomic mass is 10.0. The van der Waals surface area contributed by atoms with Crippen LogP contribution in [0.1, 0.15) is 41.3 Å². The molecular weight excluding hydrogens is 268 g/mol. The molecule has 5 nitrogen and oxygen atoms in total. The Morgan fingerprint density at radius 3 is 2.52 bits per heavy atom. The van der Waals surface area contributed by atoms with Gasteiger partial charge < -0.3 is 15.4 Å². The molecule has 1 aliphatic carbocycles. The van der Waals surface area contributed by atoms with E-state index in [1.54, 1.807) is 17.9 Å². The second-order valence-corrected chi connectivity index (χ2v) is 5.49. The molecule has 0 aliphatic heterocycles. The van der Waals surface area contributed by atoms with Crippen LogP contribution >= 0.6 is 0 Å². The van der Waals surface area contributed by atoms with Crippen LogP contribution in [0.25, 0.3) is 0 Å². The molecule has 0 unspecified atom stereocenters. The summed E-state index contributed by atoms with van der Waals surface area (Å²) in [5.41, 5.74) is 8.89. The van der Waals surface area contributed by atoms with E-state index >= 15 is 0 Å². The minimum absolute atomic E-state index is 0.00452. The maximum absolute atomic E-state index is 12.7. The lowest BCUT2D eigenvalue weighted by molar-refractivity contribution is -0.144. The van der Waals surface area contributed by atoms with Crippen molar-refractivity contribution in [3.8, 4) is 0 Å². The Morgan fingerprint density at radius 1 is 1.29 bits per heavy atom. The second-order valence-electron chi connectivity index (χ2n) is 5.49. The predicted molar refractivity (Wildman–Crippen MR) is 81.0 cm³/mol. The Kier molecular flexibility index (Phi) is 4.50. The molecule has 0 bridgehead atoms. The highest BCUT2D eigenvalue weighted by Gasteiger charge is 2.35. The molecule has 0 radical (unpaired) electrons. The van der Waals surface area contributed by atoms with Gasteiger partial charge in [-0.3, -0.25) is 9.59 Å². The number of nitrogens with zero attached hydrogens (tertiary/aromatic N) is 1. The SMILES string of the molecule is CCOC(=O)CN(C(=O)c1cc(N)c(C)cc1C)C1CC1. The van der Waals surface area contributed by atoms with Crippen molar-refractivity contribution in [2.24, 2.45) is 0 Å². The van der Waals surface area contributed by atoms with Crippen LogP contribution in [0, 0.1) is 13.8 Å². The molecule has 1 amide bonds. The van der Waals surface area contributed by atoms with Crippen molar-refractivity contribution < 1.29 is 14.3 Å². The summed E-state index contributed by atoms with van der Waals surface area (Å²) in [5.74, 6) is -0.509. The highest BCUT2D eigenvalue weighted by molar-refractivity contribution is 5.98. The summed E-state index contributed by atoms with van der Waals surface area (Å²) in [6.45, 7) is 5.88. The molecule has 114 valence electrons. The Hall–Kier alpha value is -2.04. The largest absolute Gasteiger partial charge is 0.465 e. The minimum Gasteiger partial charge on any atom is -0.465 e. The molecular formula is C16H22N2O3. The number of hydrogen-bond donors (Lipinski definition) is 1. The fourth-order valence-electron chi connectivity index (χ4n) is 2.35. The number of ether oxygens (including phenoxy) is 1. The first-order valence-electron chi connectivity index (χ1n) is 7.27. The third-order valence-corrected chi connectivity index (χ3v) is 3.70. The number of esters is 1. The van der Waals surface area contributed by atoms with E-state index in [9.17, 15) is 9.59 Å². The minimum atomic E-state index is -0.365. The van der Waals surface area contributed by atoms with Gasteiger partial charge in [0.1, 0.15) is 6.54 Å². The van der Waals surface area contributed by atoms with Crippen LogP contribution < -0.4 is 5.73 Å². The summed E-state index contributed by atoms with van der Waals surface area (Å²) >= 11 is 0. The van der Waals surface area contributed by atoms with Crippen LogP contribution in [-0.2, 0) is 9.53 Å². The van der Waals surface area contributed by atoms with Gasteiger partial charge in [0.25, 0.3) is 5.91 Å². The van der Waals surface area contributed by atoms with E-state index in [1.807, 2.05) is 19.9 Å². The normalized spacial score (nSPS) is 13.9. The zero-order valence-electron chi connectivity index (χ0n) is 12.8. The molecule has 0 spiro atoms. The van der Waals surface area contributed by atoms with Crippen LogP contribution in [0.15, 0.2) is 12.1 Å². The maximum Gasteiger partial charge on any atom is 0.325 e. The van der Waals surface area contributed by atoms with Gasteiger partial charge in [-0.25, -0.2) is 0 Å². The maximum atomic E-state index is 12.7. The number of rotatable bonds is 5. The molecule has 2 rings (SSSR count). The second kappa shape index (κ2) is 6.16. The van der Waals surface area contributed by atoms with Gasteiger partial charge in [-0.1, -0.05) is 6.07 Å². The van der Waals surface area contributed by atoms with E-state index in [1.165, 1.54) is 0 Å². The summed E-state index contributed by atoms with van der Waals surface area (Å²) in [4.78, 5) is 26.0. The quantitative estimate of drug-likeness (QED) is 0.665. The van der Waals surface area contributed by atoms with Gasteiger partial charge >= 0.3 is 5.97 Å². The number of amides is 1. The number of anilines is 1. The fraction of sp³-hybridized carbons (Fsp3) is 0.500. The predicted octanol–water partition coefficient (Wildman–Crippen LogP) is 2.05. The number of carbonyl (C=O) groups is 2. The summed E-state index contributed by atoms with van der Waals surface area (Å²) in [6, 6.07) is 3.75. The molecule has 5 heteroatoms. The van der Waals surface area contributed by atoms with Gasteiger partial charge in [-0.05, 0) is 50.8 Å². The zero-order valence-corrected chi connectivity index (χ0v) is 12.8. The van der Waals surface area contributed by atoms with Crippen molar-refractivity contribution in [2.45, 2.75) is 39.7 Å². The highest BCUT2D eigenvalue weighted by Crippen LogP contribution is 2.29. The summed E-state index contributed by atoms with van der Waals surface area (Å²) < 4.78 is 4.95. The Bertz CT molecular complexity index is 565. The number of hydrogen-bond acceptors (Lipinski definition) is 4. The summed E-state index contributed by atoms with van der Waals surface area (Å²) in [5, 5.41) is 0. The molecule has 1 aromatic carbocycles. The fourth-order valence-corrected chi connectivity index (χ4v) is 2.35. The number of benzene rings is 1. The summed E-state index contributed by atoms with van der Waals surface area (Å²) in [6.07, 6.45) is 1.87. The molecule has 0 saturated heterocycles. The van der Waals surface area contributed by atoms with Crippen molar-refractivity contribution in [2.75, 3.05) is 18.9 Å². The summed E-state index contributed by atoms with van der Waals surface area (Å²) in [7, 11) is 0. The molecule has 2 N–H and O–H groups in total. The van der Waals surface area contributed by atoms with Crippen molar-refractivity contribution in [1.82, 2.24) is 4.90 Å². The number of carbonyl (C=O) groups excluding carboxylic acids is 2. The van der Waals surface area contributed by atoms with Crippen molar-refractivity contribution in [3.05, 3.63) is 28.8 Å². The van der Waals surface area contributed by atoms with Crippen LogP contribution in [-0.4, -0.2) is 36.0 Å². The first-order valence-corrected chi connectivity index (χ1v) is 7.27. The average Bonchev–Trinajstić information content (AvgIpc) is 3.24. The van der Waals surface area contributed by atoms with Crippen LogP contribution in [0.2, 0.25) is 0 Å². The number of nitrogen functional groups attached to an aromatic ring is 1. The van der Waals surface area contributed by atoms with E-state index in [0.717, 1.165) is 24.0 Å². The Balaban J connectivity index is 2.22. The topological polar surface area (TPSA) is 72.6 Å². The van der Waals surface area contributed by atoms with Gasteiger partial charge in [0.15, 0.2) is 0 Å². The smallest absolute Gasteiger partial charge is 0.325 e. The van der Waals surface area contributed by atoms with E-state index in [2.05, 4.69) is 0 Å². The molecule has 21 heavy (non-hydrogen) atoms. The van der Waals surface area contributed by atoms with Crippen molar-refractivity contribution in [3.63, 3.8) is 0 Å². The van der Waals surface area contributed by atoms with Crippen LogP contribution in [0.3, 0.4) is 0 Å². The molecule has 1 aromatic rings. The molecule has 0 heterocycles. The van der Waals surface area contributed by atoms with Gasteiger partial charge in [0, 0.05) is 17.3 Å². The van der Waals surface area contributed by atoms with E-state index < -0.39 is 0 Å². The third-order valence-electron chi connectivity index (χ3n) is 3.70. The molecule has 1 fully saturated rings. The first kappa shape index (κ1) is 15.4. The average molecular weight is 290 g/mol. The van der Waals surface area contributed by atoms with Gasteiger partial charge in [0.2, 0.25) is 0 Å².